The Kier molecular flexibility index (Phi) is 8.14. The van der Waals surface area contributed by atoms with Crippen LogP contribution in [-0.4, -0.2) is 47.9 Å². The summed E-state index contributed by atoms with van der Waals surface area (Å²) in [5.41, 5.74) is 2.92. The van der Waals surface area contributed by atoms with Crippen molar-refractivity contribution in [2.45, 2.75) is 50.9 Å². The molecule has 3 heterocycles. The summed E-state index contributed by atoms with van der Waals surface area (Å²) in [4.78, 5) is 34.6. The van der Waals surface area contributed by atoms with Crippen molar-refractivity contribution in [1.29, 1.82) is 0 Å². The van der Waals surface area contributed by atoms with Gasteiger partial charge in [0.15, 0.2) is 0 Å². The van der Waals surface area contributed by atoms with Crippen molar-refractivity contribution in [2.24, 2.45) is 0 Å². The molecule has 0 saturated carbocycles. The molecule has 0 atom stereocenters. The number of aryl methyl sites for hydroxylation is 1. The summed E-state index contributed by atoms with van der Waals surface area (Å²) in [5, 5.41) is 5.86. The number of halogens is 1. The van der Waals surface area contributed by atoms with Gasteiger partial charge in [-0.1, -0.05) is 30.3 Å². The van der Waals surface area contributed by atoms with Crippen LogP contribution in [0.15, 0.2) is 53.9 Å². The van der Waals surface area contributed by atoms with Gasteiger partial charge in [-0.3, -0.25) is 9.59 Å². The fraction of sp³-hybridized carbons (Fsp3) is 0.414. The first-order valence-electron chi connectivity index (χ1n) is 13.2. The number of aromatic nitrogens is 1. The maximum Gasteiger partial charge on any atom is 0.275 e. The van der Waals surface area contributed by atoms with E-state index in [0.717, 1.165) is 42.3 Å². The van der Waals surface area contributed by atoms with Gasteiger partial charge < -0.3 is 15.1 Å². The maximum atomic E-state index is 13.8. The summed E-state index contributed by atoms with van der Waals surface area (Å²) >= 11 is 1.52. The van der Waals surface area contributed by atoms with Gasteiger partial charge in [-0.2, -0.15) is 0 Å². The molecule has 0 spiro atoms. The lowest BCUT2D eigenvalue weighted by Crippen LogP contribution is -2.38. The van der Waals surface area contributed by atoms with Crippen molar-refractivity contribution in [2.75, 3.05) is 36.4 Å². The number of benzene rings is 2. The zero-order valence-corrected chi connectivity index (χ0v) is 21.8. The highest BCUT2D eigenvalue weighted by Gasteiger charge is 2.26. The molecule has 194 valence electrons. The number of anilines is 2. The SMILES string of the molecule is O=C(Nc1ccccc1N1CCCCC1)c1csc(C2CCN(C(=O)CCc3ccccc3F)CC2)n1. The fourth-order valence-electron chi connectivity index (χ4n) is 5.23. The molecule has 0 unspecified atom stereocenters. The number of rotatable bonds is 7. The fourth-order valence-corrected chi connectivity index (χ4v) is 6.20. The van der Waals surface area contributed by atoms with E-state index in [1.54, 1.807) is 18.2 Å². The standard InChI is InChI=1S/C29H33FN4O2S/c30-23-9-3-2-8-21(23)12-13-27(35)34-18-14-22(15-19-34)29-32-25(20-37-29)28(36)31-24-10-4-5-11-26(24)33-16-6-1-7-17-33/h2-5,8-11,20,22H,1,6-7,12-19H2,(H,31,36). The van der Waals surface area contributed by atoms with E-state index in [2.05, 4.69) is 21.3 Å². The van der Waals surface area contributed by atoms with E-state index in [1.165, 1.54) is 36.7 Å². The third kappa shape index (κ3) is 6.18. The molecule has 8 heteroatoms. The Morgan fingerprint density at radius 1 is 0.973 bits per heavy atom. The van der Waals surface area contributed by atoms with Gasteiger partial charge in [-0.05, 0) is 62.3 Å². The van der Waals surface area contributed by atoms with Crippen LogP contribution in [0.5, 0.6) is 0 Å². The Bertz CT molecular complexity index is 1230. The van der Waals surface area contributed by atoms with Gasteiger partial charge >= 0.3 is 0 Å². The normalized spacial score (nSPS) is 16.6. The van der Waals surface area contributed by atoms with Crippen LogP contribution < -0.4 is 10.2 Å². The highest BCUT2D eigenvalue weighted by molar-refractivity contribution is 7.10. The van der Waals surface area contributed by atoms with E-state index in [4.69, 9.17) is 0 Å². The van der Waals surface area contributed by atoms with Crippen molar-refractivity contribution in [3.63, 3.8) is 0 Å². The minimum atomic E-state index is -0.257. The lowest BCUT2D eigenvalue weighted by molar-refractivity contribution is -0.132. The summed E-state index contributed by atoms with van der Waals surface area (Å²) in [7, 11) is 0. The maximum absolute atomic E-state index is 13.8. The molecule has 2 aliphatic rings. The molecule has 2 saturated heterocycles. The van der Waals surface area contributed by atoms with Gasteiger partial charge in [-0.25, -0.2) is 9.37 Å². The summed E-state index contributed by atoms with van der Waals surface area (Å²) in [6.45, 7) is 3.34. The number of nitrogens with zero attached hydrogens (tertiary/aromatic N) is 3. The lowest BCUT2D eigenvalue weighted by Gasteiger charge is -2.31. The van der Waals surface area contributed by atoms with Gasteiger partial charge in [0.2, 0.25) is 5.91 Å². The molecule has 2 amide bonds. The summed E-state index contributed by atoms with van der Waals surface area (Å²) in [6.07, 6.45) is 5.97. The minimum Gasteiger partial charge on any atom is -0.370 e. The van der Waals surface area contributed by atoms with Crippen LogP contribution in [0, 0.1) is 5.82 Å². The molecule has 0 radical (unpaired) electrons. The molecular weight excluding hydrogens is 487 g/mol. The van der Waals surface area contributed by atoms with Gasteiger partial charge in [0.1, 0.15) is 11.5 Å². The Morgan fingerprint density at radius 2 is 1.70 bits per heavy atom. The summed E-state index contributed by atoms with van der Waals surface area (Å²) in [6, 6.07) is 14.6. The van der Waals surface area contributed by atoms with Crippen molar-refractivity contribution in [3.8, 4) is 0 Å². The number of hydrogen-bond donors (Lipinski definition) is 1. The third-order valence-corrected chi connectivity index (χ3v) is 8.37. The molecular formula is C29H33FN4O2S. The van der Waals surface area contributed by atoms with Gasteiger partial charge in [-0.15, -0.1) is 11.3 Å². The van der Waals surface area contributed by atoms with E-state index in [-0.39, 0.29) is 23.5 Å². The Labute approximate surface area is 221 Å². The average Bonchev–Trinajstić information content (AvgIpc) is 3.44. The third-order valence-electron chi connectivity index (χ3n) is 7.37. The zero-order valence-electron chi connectivity index (χ0n) is 21.0. The van der Waals surface area contributed by atoms with Crippen LogP contribution in [0.3, 0.4) is 0 Å². The predicted octanol–water partition coefficient (Wildman–Crippen LogP) is 5.86. The Balaban J connectivity index is 1.14. The first-order chi connectivity index (χ1) is 18.1. The average molecular weight is 521 g/mol. The van der Waals surface area contributed by atoms with Crippen LogP contribution in [-0.2, 0) is 11.2 Å². The smallest absolute Gasteiger partial charge is 0.275 e. The summed E-state index contributed by atoms with van der Waals surface area (Å²) < 4.78 is 13.8. The Morgan fingerprint density at radius 3 is 2.49 bits per heavy atom. The van der Waals surface area contributed by atoms with Gasteiger partial charge in [0.25, 0.3) is 5.91 Å². The quantitative estimate of drug-likeness (QED) is 0.424. The van der Waals surface area contributed by atoms with E-state index in [0.29, 0.717) is 37.2 Å². The molecule has 0 aliphatic carbocycles. The van der Waals surface area contributed by atoms with Gasteiger partial charge in [0, 0.05) is 43.9 Å². The van der Waals surface area contributed by atoms with Gasteiger partial charge in [0.05, 0.1) is 16.4 Å². The van der Waals surface area contributed by atoms with Crippen molar-refractivity contribution >= 4 is 34.5 Å². The van der Waals surface area contributed by atoms with E-state index >= 15 is 0 Å². The van der Waals surface area contributed by atoms with Crippen molar-refractivity contribution in [3.05, 3.63) is 76.0 Å². The van der Waals surface area contributed by atoms with Crippen LogP contribution in [0.4, 0.5) is 15.8 Å². The number of carbonyl (C=O) groups excluding carboxylic acids is 2. The molecule has 1 N–H and O–H groups in total. The largest absolute Gasteiger partial charge is 0.370 e. The molecule has 2 aromatic carbocycles. The molecule has 37 heavy (non-hydrogen) atoms. The number of nitrogens with one attached hydrogen (secondary N) is 1. The van der Waals surface area contributed by atoms with Crippen LogP contribution in [0.1, 0.15) is 65.5 Å². The lowest BCUT2D eigenvalue weighted by atomic mass is 9.97. The monoisotopic (exact) mass is 520 g/mol. The highest BCUT2D eigenvalue weighted by Crippen LogP contribution is 2.32. The number of likely N-dealkylation sites (tertiary alicyclic amines) is 1. The minimum absolute atomic E-state index is 0.0632. The highest BCUT2D eigenvalue weighted by atomic mass is 32.1. The molecule has 0 bridgehead atoms. The number of hydrogen-bond acceptors (Lipinski definition) is 5. The van der Waals surface area contributed by atoms with Crippen LogP contribution in [0.2, 0.25) is 0 Å². The van der Waals surface area contributed by atoms with Crippen LogP contribution in [0.25, 0.3) is 0 Å². The number of para-hydroxylation sites is 2. The molecule has 6 nitrogen and oxygen atoms in total. The zero-order chi connectivity index (χ0) is 25.6. The molecule has 3 aromatic rings. The molecule has 1 aromatic heterocycles. The second kappa shape index (κ2) is 11.9. The van der Waals surface area contributed by atoms with Crippen molar-refractivity contribution in [1.82, 2.24) is 9.88 Å². The second-order valence-corrected chi connectivity index (χ2v) is 10.7. The molecule has 2 fully saturated rings. The predicted molar refractivity (Wildman–Crippen MR) is 146 cm³/mol. The summed E-state index contributed by atoms with van der Waals surface area (Å²) in [5.74, 6) is -0.142. The van der Waals surface area contributed by atoms with Crippen LogP contribution >= 0.6 is 11.3 Å². The number of carbonyl (C=O) groups is 2. The second-order valence-electron chi connectivity index (χ2n) is 9.84. The first kappa shape index (κ1) is 25.4. The van der Waals surface area contributed by atoms with E-state index in [1.807, 2.05) is 28.5 Å². The molecule has 5 rings (SSSR count). The number of amides is 2. The number of thiazole rings is 1. The van der Waals surface area contributed by atoms with E-state index < -0.39 is 0 Å². The topological polar surface area (TPSA) is 65.5 Å². The first-order valence-corrected chi connectivity index (χ1v) is 14.1. The molecule has 2 aliphatic heterocycles. The number of piperidine rings is 2. The van der Waals surface area contributed by atoms with E-state index in [9.17, 15) is 14.0 Å². The van der Waals surface area contributed by atoms with Crippen molar-refractivity contribution < 1.29 is 14.0 Å². The Hall–Kier alpha value is -3.26.